The van der Waals surface area contributed by atoms with Crippen LogP contribution in [0.4, 0.5) is 0 Å². The van der Waals surface area contributed by atoms with Gasteiger partial charge in [-0.2, -0.15) is 5.26 Å². The van der Waals surface area contributed by atoms with Crippen LogP contribution in [0.3, 0.4) is 0 Å². The molecule has 3 N–H and O–H groups in total. The summed E-state index contributed by atoms with van der Waals surface area (Å²) in [6.07, 6.45) is 1.88. The van der Waals surface area contributed by atoms with E-state index in [0.29, 0.717) is 5.92 Å². The van der Waals surface area contributed by atoms with Crippen LogP contribution in [0.25, 0.3) is 0 Å². The van der Waals surface area contributed by atoms with Crippen molar-refractivity contribution in [2.45, 2.75) is 65.1 Å². The molecule has 0 bridgehead atoms. The molecule has 1 heterocycles. The fraction of sp³-hybridized carbons (Fsp3) is 0.889. The summed E-state index contributed by atoms with van der Waals surface area (Å²) in [5, 5.41) is 24.9. The number of nitrogens with one attached hydrogen (secondary N) is 2. The van der Waals surface area contributed by atoms with Crippen LogP contribution in [0, 0.1) is 23.2 Å². The number of likely N-dealkylation sites (tertiary alicyclic amines) is 1. The zero-order chi connectivity index (χ0) is 18.3. The molecule has 1 rings (SSSR count). The molecule has 3 atom stereocenters. The Labute approximate surface area is 146 Å². The third kappa shape index (κ3) is 6.39. The number of rotatable bonds is 8. The minimum atomic E-state index is -0.834. The molecule has 1 aliphatic heterocycles. The van der Waals surface area contributed by atoms with Crippen LogP contribution < -0.4 is 10.6 Å². The molecule has 24 heavy (non-hydrogen) atoms. The normalized spacial score (nSPS) is 21.8. The van der Waals surface area contributed by atoms with E-state index < -0.39 is 5.54 Å². The van der Waals surface area contributed by atoms with Crippen molar-refractivity contribution in [1.29, 1.82) is 5.26 Å². The van der Waals surface area contributed by atoms with E-state index in [1.54, 1.807) is 6.92 Å². The highest BCUT2D eigenvalue weighted by Crippen LogP contribution is 2.17. The zero-order valence-electron chi connectivity index (χ0n) is 15.8. The fourth-order valence-electron chi connectivity index (χ4n) is 2.85. The van der Waals surface area contributed by atoms with Gasteiger partial charge in [-0.15, -0.1) is 0 Å². The number of hydrogen-bond donors (Lipinski definition) is 3. The van der Waals surface area contributed by atoms with Crippen LogP contribution in [0.2, 0.25) is 0 Å². The molecular weight excluding hydrogens is 304 g/mol. The number of carbonyl (C=O) groups is 1. The molecule has 1 saturated heterocycles. The molecule has 0 aromatic heterocycles. The molecule has 0 aromatic carbocycles. The minimum Gasteiger partial charge on any atom is -0.392 e. The van der Waals surface area contributed by atoms with E-state index in [1.165, 1.54) is 0 Å². The first-order valence-electron chi connectivity index (χ1n) is 9.05. The van der Waals surface area contributed by atoms with Gasteiger partial charge in [0.25, 0.3) is 0 Å². The first-order valence-corrected chi connectivity index (χ1v) is 9.05. The zero-order valence-corrected chi connectivity index (χ0v) is 15.8. The Kier molecular flexibility index (Phi) is 8.14. The summed E-state index contributed by atoms with van der Waals surface area (Å²) in [7, 11) is 0. The van der Waals surface area contributed by atoms with E-state index in [9.17, 15) is 15.2 Å². The quantitative estimate of drug-likeness (QED) is 0.617. The average Bonchev–Trinajstić information content (AvgIpc) is 2.52. The molecule has 0 unspecified atom stereocenters. The molecule has 0 aliphatic carbocycles. The Morgan fingerprint density at radius 3 is 2.38 bits per heavy atom. The highest BCUT2D eigenvalue weighted by molar-refractivity contribution is 5.82. The second-order valence-corrected chi connectivity index (χ2v) is 7.68. The fourth-order valence-corrected chi connectivity index (χ4v) is 2.85. The topological polar surface area (TPSA) is 88.4 Å². The molecule has 1 aliphatic rings. The van der Waals surface area contributed by atoms with Gasteiger partial charge in [0, 0.05) is 6.54 Å². The predicted molar refractivity (Wildman–Crippen MR) is 95.3 cm³/mol. The smallest absolute Gasteiger partial charge is 0.238 e. The van der Waals surface area contributed by atoms with Crippen molar-refractivity contribution < 1.29 is 9.90 Å². The molecule has 1 fully saturated rings. The summed E-state index contributed by atoms with van der Waals surface area (Å²) in [5.41, 5.74) is -0.834. The lowest BCUT2D eigenvalue weighted by molar-refractivity contribution is -0.124. The Morgan fingerprint density at radius 1 is 1.33 bits per heavy atom. The molecule has 1 amide bonds. The van der Waals surface area contributed by atoms with Crippen LogP contribution in [-0.2, 0) is 4.79 Å². The monoisotopic (exact) mass is 338 g/mol. The number of carbonyl (C=O) groups excluding carboxylic acids is 1. The number of β-amino-alcohol motifs (C(OH)–C–C–N with tert-alkyl or cyclic N) is 1. The van der Waals surface area contributed by atoms with Crippen molar-refractivity contribution in [2.24, 2.45) is 11.8 Å². The standard InChI is InChI=1S/C18H34N4O2/c1-13(2)18(5,12-19)21-17(24)15(4)20-10-16-6-8-22(9-7-16)11-14(3)23/h13-16,20,23H,6-11H2,1-5H3,(H,21,24)/t14-,15+,18+/m0/s1. The summed E-state index contributed by atoms with van der Waals surface area (Å²) in [4.78, 5) is 14.6. The number of amides is 1. The maximum atomic E-state index is 12.3. The van der Waals surface area contributed by atoms with Crippen molar-refractivity contribution >= 4 is 5.91 Å². The summed E-state index contributed by atoms with van der Waals surface area (Å²) in [6.45, 7) is 12.8. The molecule has 6 heteroatoms. The Balaban J connectivity index is 2.35. The van der Waals surface area contributed by atoms with Gasteiger partial charge >= 0.3 is 0 Å². The van der Waals surface area contributed by atoms with Crippen LogP contribution in [0.15, 0.2) is 0 Å². The number of nitriles is 1. The lowest BCUT2D eigenvalue weighted by Gasteiger charge is -2.33. The van der Waals surface area contributed by atoms with Crippen LogP contribution in [0.5, 0.6) is 0 Å². The van der Waals surface area contributed by atoms with Gasteiger partial charge in [0.2, 0.25) is 5.91 Å². The third-order valence-electron chi connectivity index (χ3n) is 5.11. The Hall–Kier alpha value is -1.16. The Morgan fingerprint density at radius 2 is 1.92 bits per heavy atom. The van der Waals surface area contributed by atoms with Crippen molar-refractivity contribution in [2.75, 3.05) is 26.2 Å². The van der Waals surface area contributed by atoms with E-state index in [-0.39, 0.29) is 24.0 Å². The van der Waals surface area contributed by atoms with Crippen LogP contribution >= 0.6 is 0 Å². The summed E-state index contributed by atoms with van der Waals surface area (Å²) >= 11 is 0. The number of nitrogens with zero attached hydrogens (tertiary/aromatic N) is 2. The SMILES string of the molecule is CC(C)[C@@](C)(C#N)NC(=O)[C@@H](C)NCC1CCN(C[C@H](C)O)CC1. The number of piperidine rings is 1. The van der Waals surface area contributed by atoms with E-state index in [1.807, 2.05) is 27.7 Å². The first kappa shape index (κ1) is 20.9. The number of aliphatic hydroxyl groups excluding tert-OH is 1. The van der Waals surface area contributed by atoms with Crippen molar-refractivity contribution in [3.05, 3.63) is 0 Å². The lowest BCUT2D eigenvalue weighted by atomic mass is 9.89. The molecule has 0 spiro atoms. The molecule has 0 aromatic rings. The Bertz CT molecular complexity index is 439. The van der Waals surface area contributed by atoms with Gasteiger partial charge in [-0.1, -0.05) is 13.8 Å². The lowest BCUT2D eigenvalue weighted by Crippen LogP contribution is -2.54. The van der Waals surface area contributed by atoms with Crippen LogP contribution in [-0.4, -0.2) is 59.8 Å². The average molecular weight is 338 g/mol. The highest BCUT2D eigenvalue weighted by atomic mass is 16.3. The summed E-state index contributed by atoms with van der Waals surface area (Å²) in [6, 6.07) is 1.89. The predicted octanol–water partition coefficient (Wildman–Crippen LogP) is 1.11. The minimum absolute atomic E-state index is 0.0527. The molecule has 0 radical (unpaired) electrons. The van der Waals surface area contributed by atoms with Crippen LogP contribution in [0.1, 0.15) is 47.5 Å². The van der Waals surface area contributed by atoms with E-state index in [4.69, 9.17) is 0 Å². The number of hydrogen-bond acceptors (Lipinski definition) is 5. The van der Waals surface area contributed by atoms with E-state index in [0.717, 1.165) is 39.0 Å². The molecule has 138 valence electrons. The van der Waals surface area contributed by atoms with Crippen molar-refractivity contribution in [3.63, 3.8) is 0 Å². The van der Waals surface area contributed by atoms with Gasteiger partial charge in [-0.25, -0.2) is 0 Å². The van der Waals surface area contributed by atoms with Gasteiger partial charge in [0.15, 0.2) is 0 Å². The van der Waals surface area contributed by atoms with Gasteiger partial charge in [-0.05, 0) is 65.1 Å². The van der Waals surface area contributed by atoms with E-state index in [2.05, 4.69) is 21.6 Å². The van der Waals surface area contributed by atoms with E-state index >= 15 is 0 Å². The molecule has 6 nitrogen and oxygen atoms in total. The number of aliphatic hydroxyl groups is 1. The van der Waals surface area contributed by atoms with Gasteiger partial charge in [0.05, 0.1) is 18.2 Å². The maximum absolute atomic E-state index is 12.3. The third-order valence-corrected chi connectivity index (χ3v) is 5.11. The second-order valence-electron chi connectivity index (χ2n) is 7.68. The van der Waals surface area contributed by atoms with Gasteiger partial charge in [-0.3, -0.25) is 4.79 Å². The molecular formula is C18H34N4O2. The summed E-state index contributed by atoms with van der Waals surface area (Å²) < 4.78 is 0. The van der Waals surface area contributed by atoms with Gasteiger partial charge in [0.1, 0.15) is 5.54 Å². The first-order chi connectivity index (χ1) is 11.2. The highest BCUT2D eigenvalue weighted by Gasteiger charge is 2.31. The largest absolute Gasteiger partial charge is 0.392 e. The summed E-state index contributed by atoms with van der Waals surface area (Å²) in [5.74, 6) is 0.481. The second kappa shape index (κ2) is 9.36. The maximum Gasteiger partial charge on any atom is 0.238 e. The molecule has 0 saturated carbocycles. The van der Waals surface area contributed by atoms with Gasteiger partial charge < -0.3 is 20.6 Å². The van der Waals surface area contributed by atoms with Crippen molar-refractivity contribution in [3.8, 4) is 6.07 Å². The van der Waals surface area contributed by atoms with Crippen molar-refractivity contribution in [1.82, 2.24) is 15.5 Å².